The normalized spacial score (nSPS) is 18.2. The summed E-state index contributed by atoms with van der Waals surface area (Å²) in [5.74, 6) is 0.681. The van der Waals surface area contributed by atoms with Crippen LogP contribution < -0.4 is 24.9 Å². The first kappa shape index (κ1) is 63.7. The van der Waals surface area contributed by atoms with Gasteiger partial charge in [0.2, 0.25) is 11.2 Å². The predicted molar refractivity (Wildman–Crippen MR) is 301 cm³/mol. The van der Waals surface area contributed by atoms with E-state index < -0.39 is 47.0 Å². The summed E-state index contributed by atoms with van der Waals surface area (Å²) >= 11 is 5.42. The zero-order valence-corrected chi connectivity index (χ0v) is 49.2. The average molecular weight is 1160 g/mol. The molecule has 76 heavy (non-hydrogen) atoms. The van der Waals surface area contributed by atoms with Crippen molar-refractivity contribution in [3.8, 4) is 0 Å². The number of nitrogens with one attached hydrogen (secondary N) is 1. The Kier molecular flexibility index (Phi) is 23.2. The molecule has 3 aliphatic rings. The maximum absolute atomic E-state index is 13.9. The Balaban J connectivity index is 0.000000231. The number of piperidine rings is 1. The molecule has 5 aromatic rings. The number of piperazine rings is 2. The average Bonchev–Trinajstić information content (AvgIpc) is 3.34. The maximum atomic E-state index is 13.9. The Bertz CT molecular complexity index is 2950. The summed E-state index contributed by atoms with van der Waals surface area (Å²) in [6.45, 7) is 23.1. The fourth-order valence-electron chi connectivity index (χ4n) is 9.02. The van der Waals surface area contributed by atoms with Crippen LogP contribution in [0.4, 0.5) is 36.2 Å². The van der Waals surface area contributed by atoms with Gasteiger partial charge in [-0.25, -0.2) is 58.4 Å². The number of benzene rings is 3. The Morgan fingerprint density at radius 3 is 1.45 bits per heavy atom. The fourth-order valence-corrected chi connectivity index (χ4v) is 11.5. The molecule has 5 heterocycles. The van der Waals surface area contributed by atoms with E-state index >= 15 is 0 Å². The van der Waals surface area contributed by atoms with E-state index in [9.17, 15) is 38.4 Å². The summed E-state index contributed by atoms with van der Waals surface area (Å²) in [5, 5.41) is 3.75. The highest BCUT2D eigenvalue weighted by molar-refractivity contribution is 7.91. The third-order valence-electron chi connectivity index (χ3n) is 13.4. The largest absolute Gasteiger partial charge is 0.371 e. The summed E-state index contributed by atoms with van der Waals surface area (Å²) < 4.78 is 111. The number of halogens is 5. The molecule has 1 N–H and O–H groups in total. The topological polar surface area (TPSA) is 179 Å². The lowest BCUT2D eigenvalue weighted by Gasteiger charge is -2.44. The van der Waals surface area contributed by atoms with Crippen molar-refractivity contribution in [2.24, 2.45) is 23.7 Å². The third kappa shape index (κ3) is 18.1. The maximum Gasteiger partial charge on any atom is 0.225 e. The van der Waals surface area contributed by atoms with Crippen molar-refractivity contribution in [1.82, 2.24) is 25.3 Å². The van der Waals surface area contributed by atoms with Crippen molar-refractivity contribution in [2.45, 2.75) is 95.0 Å². The van der Waals surface area contributed by atoms with Gasteiger partial charge in [-0.2, -0.15) is 0 Å². The van der Waals surface area contributed by atoms with Crippen LogP contribution in [0.5, 0.6) is 0 Å². The molecule has 0 unspecified atom stereocenters. The van der Waals surface area contributed by atoms with Crippen LogP contribution in [0.15, 0.2) is 93.8 Å². The van der Waals surface area contributed by atoms with Gasteiger partial charge in [0.05, 0.1) is 6.04 Å². The van der Waals surface area contributed by atoms with E-state index in [0.717, 1.165) is 80.7 Å². The SMILES string of the molecule is CC(C)[C@@H]1CN(c2ccc(F)c(S(C)(=O)=O)c2)CCN1.CC(C)[C@H]1CCCN(c2ccc(F)c(S(C)(=O)=O)c2)C1.Cc1ccnc(Cl)n1.Cc1ccnc(N2CCN(c3ccc(F)c(S(C)(=O)=O)c3)C[C@H]2C(C)C)n1.Cl. The molecule has 0 radical (unpaired) electrons. The highest BCUT2D eigenvalue weighted by Crippen LogP contribution is 2.31. The van der Waals surface area contributed by atoms with Crippen LogP contribution >= 0.6 is 24.0 Å². The van der Waals surface area contributed by atoms with Crippen LogP contribution in [0.2, 0.25) is 5.28 Å². The lowest BCUT2D eigenvalue weighted by atomic mass is 9.88. The molecule has 3 aromatic carbocycles. The highest BCUT2D eigenvalue weighted by Gasteiger charge is 2.32. The van der Waals surface area contributed by atoms with Gasteiger partial charge < -0.3 is 24.9 Å². The lowest BCUT2D eigenvalue weighted by Crippen LogP contribution is -2.56. The van der Waals surface area contributed by atoms with Crippen molar-refractivity contribution in [3.05, 3.63) is 113 Å². The highest BCUT2D eigenvalue weighted by atomic mass is 35.5. The Labute approximate surface area is 460 Å². The molecule has 0 amide bonds. The molecular formula is C53H74Cl2F3N9O6S3. The van der Waals surface area contributed by atoms with Crippen LogP contribution in [0.1, 0.15) is 65.8 Å². The summed E-state index contributed by atoms with van der Waals surface area (Å²) in [6.07, 6.45) is 8.79. The number of hydrogen-bond donors (Lipinski definition) is 1. The van der Waals surface area contributed by atoms with Gasteiger partial charge in [-0.05, 0) is 129 Å². The van der Waals surface area contributed by atoms with Crippen LogP contribution in [0, 0.1) is 55.0 Å². The summed E-state index contributed by atoms with van der Waals surface area (Å²) in [7, 11) is -10.7. The summed E-state index contributed by atoms with van der Waals surface area (Å²) in [4.78, 5) is 24.4. The fraction of sp³-hybridized carbons (Fsp3) is 0.509. The summed E-state index contributed by atoms with van der Waals surface area (Å²) in [5.41, 5.74) is 4.09. The van der Waals surface area contributed by atoms with E-state index in [0.29, 0.717) is 66.3 Å². The molecule has 8 rings (SSSR count). The van der Waals surface area contributed by atoms with Gasteiger partial charge in [-0.3, -0.25) is 0 Å². The summed E-state index contributed by atoms with van der Waals surface area (Å²) in [6, 6.07) is 17.2. The molecule has 0 aliphatic carbocycles. The quantitative estimate of drug-likeness (QED) is 0.131. The zero-order chi connectivity index (χ0) is 55.6. The van der Waals surface area contributed by atoms with Crippen LogP contribution in [-0.4, -0.2) is 128 Å². The van der Waals surface area contributed by atoms with Gasteiger partial charge in [0.25, 0.3) is 0 Å². The Morgan fingerprint density at radius 2 is 1.04 bits per heavy atom. The minimum atomic E-state index is -3.62. The Morgan fingerprint density at radius 1 is 0.579 bits per heavy atom. The molecule has 23 heteroatoms. The second-order valence-electron chi connectivity index (χ2n) is 20.4. The first-order valence-electron chi connectivity index (χ1n) is 25.0. The minimum absolute atomic E-state index is 0. The minimum Gasteiger partial charge on any atom is -0.371 e. The molecule has 3 aliphatic heterocycles. The van der Waals surface area contributed by atoms with Gasteiger partial charge >= 0.3 is 0 Å². The van der Waals surface area contributed by atoms with E-state index in [1.807, 2.05) is 19.9 Å². The number of sulfone groups is 3. The molecular weight excluding hydrogens is 1080 g/mol. The first-order valence-corrected chi connectivity index (χ1v) is 31.1. The second kappa shape index (κ2) is 27.7. The predicted octanol–water partition coefficient (Wildman–Crippen LogP) is 9.30. The van der Waals surface area contributed by atoms with E-state index in [-0.39, 0.29) is 33.1 Å². The third-order valence-corrected chi connectivity index (χ3v) is 17.0. The van der Waals surface area contributed by atoms with Crippen LogP contribution in [-0.2, 0) is 29.5 Å². The number of anilines is 4. The van der Waals surface area contributed by atoms with Gasteiger partial charge in [-0.15, -0.1) is 12.4 Å². The standard InChI is InChI=1S/C19H25FN4O2S.C15H22FNO2S.C14H21FN2O2S.C5H5ClN2.ClH/c1-13(2)17-12-23(9-10-24(17)19-21-8-7-14(3)22-19)15-5-6-16(20)18(11-15)27(4,25)26;1-11(2)12-5-4-8-17(10-12)13-6-7-14(16)15(9-13)20(3,18)19;1-10(2)13-9-17(7-6-16-13)11-4-5-12(15)14(8-11)20(3,18)19;1-4-2-3-7-5(6)8-4;/h5-8,11,13,17H,9-10,12H2,1-4H3;6-7,9,11-12H,4-5,8,10H2,1-3H3;4-5,8,10,13,16H,6-7,9H2,1-3H3;2-3H,1H3;1H/t17-;12-;13-;;/m000../s1. The van der Waals surface area contributed by atoms with Gasteiger partial charge in [0, 0.05) is 118 Å². The number of aromatic nitrogens is 4. The molecule has 0 saturated carbocycles. The lowest BCUT2D eigenvalue weighted by molar-refractivity contribution is 0.321. The van der Waals surface area contributed by atoms with Crippen molar-refractivity contribution in [1.29, 1.82) is 0 Å². The number of aryl methyl sites for hydroxylation is 2. The molecule has 3 saturated heterocycles. The monoisotopic (exact) mass is 1160 g/mol. The van der Waals surface area contributed by atoms with Crippen LogP contribution in [0.3, 0.4) is 0 Å². The molecule has 2 aromatic heterocycles. The number of nitrogens with zero attached hydrogens (tertiary/aromatic N) is 8. The zero-order valence-electron chi connectivity index (χ0n) is 45.2. The molecule has 3 atom stereocenters. The second-order valence-corrected chi connectivity index (χ2v) is 26.7. The molecule has 3 fully saturated rings. The van der Waals surface area contributed by atoms with Crippen molar-refractivity contribution in [3.63, 3.8) is 0 Å². The van der Waals surface area contributed by atoms with Gasteiger partial charge in [-0.1, -0.05) is 41.5 Å². The Hall–Kier alpha value is -4.80. The molecule has 0 bridgehead atoms. The van der Waals surface area contributed by atoms with Crippen LogP contribution in [0.25, 0.3) is 0 Å². The van der Waals surface area contributed by atoms with Crippen molar-refractivity contribution >= 4 is 76.5 Å². The van der Waals surface area contributed by atoms with E-state index in [1.165, 1.54) is 42.8 Å². The van der Waals surface area contributed by atoms with E-state index in [1.54, 1.807) is 36.7 Å². The van der Waals surface area contributed by atoms with Gasteiger partial charge in [0.15, 0.2) is 29.5 Å². The molecule has 0 spiro atoms. The van der Waals surface area contributed by atoms with Gasteiger partial charge in [0.1, 0.15) is 32.1 Å². The number of hydrogen-bond acceptors (Lipinski definition) is 15. The first-order chi connectivity index (χ1) is 35.0. The molecule has 15 nitrogen and oxygen atoms in total. The molecule has 420 valence electrons. The number of rotatable bonds is 10. The van der Waals surface area contributed by atoms with Crippen molar-refractivity contribution in [2.75, 3.05) is 90.7 Å². The van der Waals surface area contributed by atoms with E-state index in [4.69, 9.17) is 11.6 Å². The smallest absolute Gasteiger partial charge is 0.225 e. The van der Waals surface area contributed by atoms with E-state index in [2.05, 4.69) is 86.4 Å². The van der Waals surface area contributed by atoms with Crippen molar-refractivity contribution < 1.29 is 38.4 Å².